The van der Waals surface area contributed by atoms with E-state index in [1.807, 2.05) is 0 Å². The fourth-order valence-electron chi connectivity index (χ4n) is 1.99. The summed E-state index contributed by atoms with van der Waals surface area (Å²) in [5.74, 6) is -0.870. The van der Waals surface area contributed by atoms with Gasteiger partial charge in [-0.1, -0.05) is 11.6 Å². The van der Waals surface area contributed by atoms with Crippen molar-refractivity contribution in [2.75, 3.05) is 13.2 Å². The van der Waals surface area contributed by atoms with Crippen LogP contribution in [0.5, 0.6) is 0 Å². The Bertz CT molecular complexity index is 587. The van der Waals surface area contributed by atoms with Crippen molar-refractivity contribution in [1.29, 1.82) is 0 Å². The van der Waals surface area contributed by atoms with Crippen molar-refractivity contribution in [2.24, 2.45) is 0 Å². The average molecular weight is 324 g/mol. The lowest BCUT2D eigenvalue weighted by Gasteiger charge is -2.23. The molecular weight excluding hydrogens is 309 g/mol. The van der Waals surface area contributed by atoms with Gasteiger partial charge in [0.1, 0.15) is 5.82 Å². The zero-order valence-electron chi connectivity index (χ0n) is 10.6. The zero-order valence-corrected chi connectivity index (χ0v) is 12.2. The molecular formula is C12H15ClFNO4S. The normalized spacial score (nSPS) is 17.4. The van der Waals surface area contributed by atoms with Crippen LogP contribution in [-0.4, -0.2) is 32.8 Å². The average Bonchev–Trinajstić information content (AvgIpc) is 2.42. The summed E-state index contributed by atoms with van der Waals surface area (Å²) >= 11 is 5.64. The Morgan fingerprint density at radius 3 is 2.65 bits per heavy atom. The molecule has 0 spiro atoms. The highest BCUT2D eigenvalue weighted by molar-refractivity contribution is 7.89. The number of benzene rings is 1. The monoisotopic (exact) mass is 323 g/mol. The van der Waals surface area contributed by atoms with Crippen LogP contribution in [0.2, 0.25) is 5.02 Å². The van der Waals surface area contributed by atoms with E-state index in [9.17, 15) is 12.8 Å². The van der Waals surface area contributed by atoms with E-state index < -0.39 is 22.4 Å². The predicted molar refractivity (Wildman–Crippen MR) is 71.5 cm³/mol. The summed E-state index contributed by atoms with van der Waals surface area (Å²) in [6.07, 6.45) is 1.14. The standard InChI is InChI=1S/C12H15ClFNO4S/c13-12-8(7-16)5-10(6-11(12)14)20(17,18)15-9-1-3-19-4-2-9/h5-6,9,15-16H,1-4,7H2. The van der Waals surface area contributed by atoms with Crippen molar-refractivity contribution >= 4 is 21.6 Å². The van der Waals surface area contributed by atoms with Gasteiger partial charge in [0, 0.05) is 24.8 Å². The third kappa shape index (κ3) is 3.48. The molecule has 1 aromatic rings. The second-order valence-electron chi connectivity index (χ2n) is 4.54. The van der Waals surface area contributed by atoms with Gasteiger partial charge in [-0.25, -0.2) is 17.5 Å². The fraction of sp³-hybridized carbons (Fsp3) is 0.500. The molecule has 2 rings (SSSR count). The summed E-state index contributed by atoms with van der Waals surface area (Å²) < 4.78 is 45.6. The maximum atomic E-state index is 13.6. The number of halogens is 2. The molecule has 0 saturated carbocycles. The minimum Gasteiger partial charge on any atom is -0.392 e. The molecule has 1 fully saturated rings. The van der Waals surface area contributed by atoms with E-state index in [-0.39, 0.29) is 21.5 Å². The first-order valence-corrected chi connectivity index (χ1v) is 7.99. The van der Waals surface area contributed by atoms with E-state index in [0.717, 1.165) is 6.07 Å². The molecule has 1 aromatic carbocycles. The van der Waals surface area contributed by atoms with E-state index in [1.54, 1.807) is 0 Å². The predicted octanol–water partition coefficient (Wildman–Crippen LogP) is 1.43. The van der Waals surface area contributed by atoms with Gasteiger partial charge in [0.05, 0.1) is 16.5 Å². The second kappa shape index (κ2) is 6.36. The maximum absolute atomic E-state index is 13.6. The molecule has 0 aliphatic carbocycles. The molecule has 0 radical (unpaired) electrons. The number of rotatable bonds is 4. The van der Waals surface area contributed by atoms with Crippen LogP contribution >= 0.6 is 11.6 Å². The summed E-state index contributed by atoms with van der Waals surface area (Å²) in [6, 6.07) is 1.79. The maximum Gasteiger partial charge on any atom is 0.240 e. The lowest BCUT2D eigenvalue weighted by Crippen LogP contribution is -2.38. The minimum absolute atomic E-state index is 0.0408. The van der Waals surface area contributed by atoms with Gasteiger partial charge in [-0.05, 0) is 25.0 Å². The van der Waals surface area contributed by atoms with Crippen LogP contribution < -0.4 is 4.72 Å². The molecule has 0 aromatic heterocycles. The van der Waals surface area contributed by atoms with Gasteiger partial charge < -0.3 is 9.84 Å². The number of hydrogen-bond acceptors (Lipinski definition) is 4. The van der Waals surface area contributed by atoms with E-state index in [0.29, 0.717) is 26.1 Å². The lowest BCUT2D eigenvalue weighted by atomic mass is 10.1. The zero-order chi connectivity index (χ0) is 14.8. The number of hydrogen-bond donors (Lipinski definition) is 2. The van der Waals surface area contributed by atoms with Gasteiger partial charge >= 0.3 is 0 Å². The highest BCUT2D eigenvalue weighted by Gasteiger charge is 2.24. The molecule has 1 aliphatic heterocycles. The quantitative estimate of drug-likeness (QED) is 0.879. The highest BCUT2D eigenvalue weighted by Crippen LogP contribution is 2.25. The SMILES string of the molecule is O=S(=O)(NC1CCOCC1)c1cc(F)c(Cl)c(CO)c1. The van der Waals surface area contributed by atoms with Crippen LogP contribution in [-0.2, 0) is 21.4 Å². The molecule has 1 heterocycles. The van der Waals surface area contributed by atoms with Gasteiger partial charge in [0.2, 0.25) is 10.0 Å². The van der Waals surface area contributed by atoms with Gasteiger partial charge in [-0.2, -0.15) is 0 Å². The van der Waals surface area contributed by atoms with Crippen molar-refractivity contribution in [3.05, 3.63) is 28.5 Å². The van der Waals surface area contributed by atoms with Crippen LogP contribution in [0.1, 0.15) is 18.4 Å². The molecule has 0 atom stereocenters. The molecule has 20 heavy (non-hydrogen) atoms. The summed E-state index contributed by atoms with van der Waals surface area (Å²) in [5.41, 5.74) is 0.0408. The van der Waals surface area contributed by atoms with Crippen LogP contribution in [0.15, 0.2) is 17.0 Å². The number of aliphatic hydroxyl groups excluding tert-OH is 1. The van der Waals surface area contributed by atoms with Crippen LogP contribution in [0.3, 0.4) is 0 Å². The minimum atomic E-state index is -3.85. The molecule has 0 amide bonds. The van der Waals surface area contributed by atoms with E-state index in [2.05, 4.69) is 4.72 Å². The number of nitrogens with one attached hydrogen (secondary N) is 1. The molecule has 0 bridgehead atoms. The first kappa shape index (κ1) is 15.7. The van der Waals surface area contributed by atoms with Crippen molar-refractivity contribution in [2.45, 2.75) is 30.4 Å². The van der Waals surface area contributed by atoms with Crippen LogP contribution in [0.4, 0.5) is 4.39 Å². The molecule has 1 saturated heterocycles. The Hall–Kier alpha value is -0.730. The molecule has 0 unspecified atom stereocenters. The third-order valence-electron chi connectivity index (χ3n) is 3.10. The summed E-state index contributed by atoms with van der Waals surface area (Å²) in [6.45, 7) is 0.449. The first-order valence-electron chi connectivity index (χ1n) is 6.13. The molecule has 112 valence electrons. The van der Waals surface area contributed by atoms with Gasteiger partial charge in [-0.3, -0.25) is 0 Å². The Labute approximate surface area is 121 Å². The first-order chi connectivity index (χ1) is 9.44. The third-order valence-corrected chi connectivity index (χ3v) is 5.02. The van der Waals surface area contributed by atoms with Gasteiger partial charge in [-0.15, -0.1) is 0 Å². The topological polar surface area (TPSA) is 75.6 Å². The van der Waals surface area contributed by atoms with Crippen molar-refractivity contribution in [1.82, 2.24) is 4.72 Å². The van der Waals surface area contributed by atoms with Crippen molar-refractivity contribution in [3.8, 4) is 0 Å². The molecule has 8 heteroatoms. The van der Waals surface area contributed by atoms with Gasteiger partial charge in [0.15, 0.2) is 0 Å². The Morgan fingerprint density at radius 1 is 1.40 bits per heavy atom. The Kier molecular flexibility index (Phi) is 4.98. The lowest BCUT2D eigenvalue weighted by molar-refractivity contribution is 0.0832. The van der Waals surface area contributed by atoms with Gasteiger partial charge in [0.25, 0.3) is 0 Å². The summed E-state index contributed by atoms with van der Waals surface area (Å²) in [5, 5.41) is 8.81. The van der Waals surface area contributed by atoms with Crippen LogP contribution in [0, 0.1) is 5.82 Å². The second-order valence-corrected chi connectivity index (χ2v) is 6.64. The highest BCUT2D eigenvalue weighted by atomic mass is 35.5. The summed E-state index contributed by atoms with van der Waals surface area (Å²) in [4.78, 5) is -0.241. The molecule has 2 N–H and O–H groups in total. The summed E-state index contributed by atoms with van der Waals surface area (Å²) in [7, 11) is -3.85. The number of aliphatic hydroxyl groups is 1. The van der Waals surface area contributed by atoms with E-state index in [4.69, 9.17) is 21.4 Å². The number of ether oxygens (including phenoxy) is 1. The Balaban J connectivity index is 2.26. The van der Waals surface area contributed by atoms with Crippen molar-refractivity contribution < 1.29 is 22.7 Å². The molecule has 1 aliphatic rings. The number of sulfonamides is 1. The van der Waals surface area contributed by atoms with Crippen LogP contribution in [0.25, 0.3) is 0 Å². The largest absolute Gasteiger partial charge is 0.392 e. The smallest absolute Gasteiger partial charge is 0.240 e. The van der Waals surface area contributed by atoms with E-state index >= 15 is 0 Å². The fourth-order valence-corrected chi connectivity index (χ4v) is 3.53. The molecule has 5 nitrogen and oxygen atoms in total. The Morgan fingerprint density at radius 2 is 2.05 bits per heavy atom. The van der Waals surface area contributed by atoms with Crippen molar-refractivity contribution in [3.63, 3.8) is 0 Å². The van der Waals surface area contributed by atoms with E-state index in [1.165, 1.54) is 6.07 Å².